The topological polar surface area (TPSA) is 47.9 Å². The van der Waals surface area contributed by atoms with Gasteiger partial charge in [0.2, 0.25) is 0 Å². The fourth-order valence-electron chi connectivity index (χ4n) is 0.646. The maximum absolute atomic E-state index is 6.65. The molecule has 0 bridgehead atoms. The van der Waals surface area contributed by atoms with Gasteiger partial charge in [0.25, 0.3) is 0 Å². The van der Waals surface area contributed by atoms with Crippen molar-refractivity contribution < 1.29 is 0 Å². The summed E-state index contributed by atoms with van der Waals surface area (Å²) in [6.07, 6.45) is 4.75. The van der Waals surface area contributed by atoms with Crippen LogP contribution < -0.4 is 10.6 Å². The summed E-state index contributed by atoms with van der Waals surface area (Å²) in [5.74, 6) is 0. The largest absolute Gasteiger partial charge is 0.386 e. The molecule has 1 aliphatic heterocycles. The minimum absolute atomic E-state index is 0.584. The number of hydrogen-bond acceptors (Lipinski definition) is 3. The molecule has 1 saturated heterocycles. The third kappa shape index (κ3) is 1.85. The highest BCUT2D eigenvalue weighted by molar-refractivity contribution is 5.67. The van der Waals surface area contributed by atoms with Gasteiger partial charge in [-0.05, 0) is 12.3 Å². The van der Waals surface area contributed by atoms with Crippen molar-refractivity contribution in [3.05, 3.63) is 12.3 Å². The Morgan fingerprint density at radius 1 is 1.56 bits per heavy atom. The first-order chi connectivity index (χ1) is 4.43. The SMILES string of the molecule is N=C/C=C\NC1CNC1. The molecular weight excluding hydrogens is 114 g/mol. The van der Waals surface area contributed by atoms with E-state index in [1.807, 2.05) is 0 Å². The van der Waals surface area contributed by atoms with Crippen molar-refractivity contribution in [3.8, 4) is 0 Å². The van der Waals surface area contributed by atoms with Crippen LogP contribution in [0.15, 0.2) is 12.3 Å². The second-order valence-electron chi connectivity index (χ2n) is 2.05. The number of allylic oxidation sites excluding steroid dienone is 1. The third-order valence-electron chi connectivity index (χ3n) is 1.31. The van der Waals surface area contributed by atoms with Crippen molar-refractivity contribution in [2.45, 2.75) is 6.04 Å². The van der Waals surface area contributed by atoms with Gasteiger partial charge in [0.05, 0.1) is 6.04 Å². The van der Waals surface area contributed by atoms with Crippen LogP contribution in [0.2, 0.25) is 0 Å². The summed E-state index contributed by atoms with van der Waals surface area (Å²) in [6, 6.07) is 0.584. The molecule has 1 fully saturated rings. The van der Waals surface area contributed by atoms with Gasteiger partial charge >= 0.3 is 0 Å². The van der Waals surface area contributed by atoms with Gasteiger partial charge in [-0.2, -0.15) is 0 Å². The molecule has 0 atom stereocenters. The van der Waals surface area contributed by atoms with Gasteiger partial charge in [-0.25, -0.2) is 0 Å². The average Bonchev–Trinajstić information content (AvgIpc) is 1.76. The number of hydrogen-bond donors (Lipinski definition) is 3. The van der Waals surface area contributed by atoms with Gasteiger partial charge in [0.1, 0.15) is 0 Å². The Balaban J connectivity index is 2.03. The van der Waals surface area contributed by atoms with Gasteiger partial charge in [-0.15, -0.1) is 0 Å². The van der Waals surface area contributed by atoms with E-state index in [-0.39, 0.29) is 0 Å². The predicted octanol–water partition coefficient (Wildman–Crippen LogP) is -0.289. The smallest absolute Gasteiger partial charge is 0.0505 e. The second-order valence-corrected chi connectivity index (χ2v) is 2.05. The van der Waals surface area contributed by atoms with Crippen molar-refractivity contribution in [1.29, 1.82) is 5.41 Å². The number of rotatable bonds is 3. The van der Waals surface area contributed by atoms with E-state index in [2.05, 4.69) is 10.6 Å². The van der Waals surface area contributed by atoms with Crippen LogP contribution in [0, 0.1) is 5.41 Å². The van der Waals surface area contributed by atoms with Crippen LogP contribution in [0.4, 0.5) is 0 Å². The van der Waals surface area contributed by atoms with Gasteiger partial charge in [-0.1, -0.05) is 0 Å². The zero-order valence-corrected chi connectivity index (χ0v) is 5.22. The highest BCUT2D eigenvalue weighted by Crippen LogP contribution is 1.88. The van der Waals surface area contributed by atoms with Gasteiger partial charge in [0.15, 0.2) is 0 Å². The highest BCUT2D eigenvalue weighted by Gasteiger charge is 2.12. The van der Waals surface area contributed by atoms with Crippen LogP contribution in [-0.2, 0) is 0 Å². The quantitative estimate of drug-likeness (QED) is 0.454. The zero-order chi connectivity index (χ0) is 6.53. The Labute approximate surface area is 54.7 Å². The van der Waals surface area contributed by atoms with Crippen molar-refractivity contribution in [2.24, 2.45) is 0 Å². The Hall–Kier alpha value is -0.830. The lowest BCUT2D eigenvalue weighted by atomic mass is 10.2. The van der Waals surface area contributed by atoms with E-state index in [1.165, 1.54) is 6.21 Å². The van der Waals surface area contributed by atoms with E-state index in [4.69, 9.17) is 5.41 Å². The van der Waals surface area contributed by atoms with Crippen LogP contribution >= 0.6 is 0 Å². The molecule has 3 heteroatoms. The molecule has 9 heavy (non-hydrogen) atoms. The van der Waals surface area contributed by atoms with Gasteiger partial charge in [-0.3, -0.25) is 0 Å². The van der Waals surface area contributed by atoms with E-state index in [0.29, 0.717) is 6.04 Å². The summed E-state index contributed by atoms with van der Waals surface area (Å²) in [4.78, 5) is 0. The summed E-state index contributed by atoms with van der Waals surface area (Å²) >= 11 is 0. The van der Waals surface area contributed by atoms with Crippen molar-refractivity contribution in [3.63, 3.8) is 0 Å². The standard InChI is InChI=1S/C6H11N3/c7-2-1-3-9-6-4-8-5-6/h1-3,6-9H,4-5H2/b3-1-,7-2?. The molecule has 0 aromatic carbocycles. The lowest BCUT2D eigenvalue weighted by molar-refractivity contribution is 0.401. The maximum Gasteiger partial charge on any atom is 0.0505 e. The van der Waals surface area contributed by atoms with Crippen LogP contribution in [0.3, 0.4) is 0 Å². The molecule has 0 aliphatic carbocycles. The first kappa shape index (κ1) is 6.29. The Morgan fingerprint density at radius 3 is 2.78 bits per heavy atom. The monoisotopic (exact) mass is 125 g/mol. The Kier molecular flexibility index (Phi) is 2.27. The van der Waals surface area contributed by atoms with Gasteiger partial charge in [0, 0.05) is 19.3 Å². The molecule has 0 radical (unpaired) electrons. The molecule has 1 aliphatic rings. The predicted molar refractivity (Wildman–Crippen MR) is 37.7 cm³/mol. The minimum Gasteiger partial charge on any atom is -0.386 e. The van der Waals surface area contributed by atoms with Crippen molar-refractivity contribution in [1.82, 2.24) is 10.6 Å². The molecule has 1 heterocycles. The lowest BCUT2D eigenvalue weighted by Crippen LogP contribution is -2.53. The molecule has 0 spiro atoms. The average molecular weight is 125 g/mol. The molecular formula is C6H11N3. The normalized spacial score (nSPS) is 19.6. The molecule has 3 N–H and O–H groups in total. The van der Waals surface area contributed by atoms with Crippen LogP contribution in [0.1, 0.15) is 0 Å². The van der Waals surface area contributed by atoms with Crippen molar-refractivity contribution >= 4 is 6.21 Å². The molecule has 0 amide bonds. The van der Waals surface area contributed by atoms with E-state index < -0.39 is 0 Å². The summed E-state index contributed by atoms with van der Waals surface area (Å²) in [5, 5.41) is 12.9. The molecule has 0 saturated carbocycles. The molecule has 1 rings (SSSR count). The zero-order valence-electron chi connectivity index (χ0n) is 5.22. The Morgan fingerprint density at radius 2 is 2.33 bits per heavy atom. The summed E-state index contributed by atoms with van der Waals surface area (Å²) < 4.78 is 0. The molecule has 0 unspecified atom stereocenters. The van der Waals surface area contributed by atoms with Crippen LogP contribution in [0.5, 0.6) is 0 Å². The van der Waals surface area contributed by atoms with Crippen LogP contribution in [0.25, 0.3) is 0 Å². The minimum atomic E-state index is 0.584. The number of nitrogens with one attached hydrogen (secondary N) is 3. The van der Waals surface area contributed by atoms with E-state index in [1.54, 1.807) is 12.3 Å². The first-order valence-electron chi connectivity index (χ1n) is 3.06. The van der Waals surface area contributed by atoms with E-state index in [0.717, 1.165) is 13.1 Å². The second kappa shape index (κ2) is 3.25. The first-order valence-corrected chi connectivity index (χ1v) is 3.06. The fraction of sp³-hybridized carbons (Fsp3) is 0.500. The third-order valence-corrected chi connectivity index (χ3v) is 1.31. The van der Waals surface area contributed by atoms with Gasteiger partial charge < -0.3 is 16.0 Å². The van der Waals surface area contributed by atoms with E-state index >= 15 is 0 Å². The maximum atomic E-state index is 6.65. The molecule has 3 nitrogen and oxygen atoms in total. The van der Waals surface area contributed by atoms with E-state index in [9.17, 15) is 0 Å². The lowest BCUT2D eigenvalue weighted by Gasteiger charge is -2.26. The summed E-state index contributed by atoms with van der Waals surface area (Å²) in [7, 11) is 0. The fourth-order valence-corrected chi connectivity index (χ4v) is 0.646. The summed E-state index contributed by atoms with van der Waals surface area (Å²) in [6.45, 7) is 2.09. The van der Waals surface area contributed by atoms with Crippen LogP contribution in [-0.4, -0.2) is 25.3 Å². The molecule has 50 valence electrons. The molecule has 0 aromatic heterocycles. The summed E-state index contributed by atoms with van der Waals surface area (Å²) in [5.41, 5.74) is 0. The highest BCUT2D eigenvalue weighted by atomic mass is 15.1. The molecule has 0 aromatic rings. The van der Waals surface area contributed by atoms with Crippen molar-refractivity contribution in [2.75, 3.05) is 13.1 Å². The Bertz CT molecular complexity index is 115.